The van der Waals surface area contributed by atoms with Crippen LogP contribution < -0.4 is 16.0 Å². The number of benzene rings is 3. The number of hydrogen-bond acceptors (Lipinski definition) is 7. The maximum absolute atomic E-state index is 6.19. The first-order valence-electron chi connectivity index (χ1n) is 16.4. The Morgan fingerprint density at radius 2 is 0.936 bits per heavy atom. The largest absolute Gasteiger partial charge is 0.384 e. The molecule has 0 aliphatic carbocycles. The molecule has 3 aromatic heterocycles. The molecule has 0 spiro atoms. The lowest BCUT2D eigenvalue weighted by Gasteiger charge is -2.23. The zero-order valence-electron chi connectivity index (χ0n) is 26.8. The number of unbranched alkanes of at least 4 members (excludes halogenated alkanes) is 1. The molecule has 3 heterocycles. The Balaban J connectivity index is 1.01. The van der Waals surface area contributed by atoms with Crippen molar-refractivity contribution in [2.45, 2.75) is 32.6 Å². The number of aromatic nitrogens is 3. The van der Waals surface area contributed by atoms with Gasteiger partial charge in [0, 0.05) is 81.5 Å². The van der Waals surface area contributed by atoms with E-state index in [1.807, 2.05) is 67.1 Å². The Labute approximate surface area is 286 Å². The summed E-state index contributed by atoms with van der Waals surface area (Å²) in [5, 5.41) is 15.7. The predicted octanol–water partition coefficient (Wildman–Crippen LogP) is 9.44. The Bertz CT molecular complexity index is 1850. The lowest BCUT2D eigenvalue weighted by atomic mass is 10.1. The Hall–Kier alpha value is -4.17. The Morgan fingerprint density at radius 1 is 0.511 bits per heavy atom. The second-order valence-corrected chi connectivity index (χ2v) is 12.8. The third kappa shape index (κ3) is 8.80. The van der Waals surface area contributed by atoms with Crippen LogP contribution in [0.1, 0.15) is 31.2 Å². The summed E-state index contributed by atoms with van der Waals surface area (Å²) in [6, 6.07) is 24.3. The van der Waals surface area contributed by atoms with E-state index in [1.54, 1.807) is 0 Å². The van der Waals surface area contributed by atoms with Gasteiger partial charge in [-0.3, -0.25) is 15.0 Å². The van der Waals surface area contributed by atoms with Crippen molar-refractivity contribution in [3.05, 3.63) is 107 Å². The lowest BCUT2D eigenvalue weighted by Crippen LogP contribution is -2.30. The molecule has 6 aromatic rings. The molecule has 7 nitrogen and oxygen atoms in total. The van der Waals surface area contributed by atoms with Crippen molar-refractivity contribution >= 4 is 73.0 Å². The topological polar surface area (TPSA) is 78.0 Å². The van der Waals surface area contributed by atoms with Crippen LogP contribution in [0.5, 0.6) is 0 Å². The van der Waals surface area contributed by atoms with E-state index in [9.17, 15) is 0 Å². The number of anilines is 3. The van der Waals surface area contributed by atoms with Crippen LogP contribution in [0.2, 0.25) is 10.0 Å². The van der Waals surface area contributed by atoms with Gasteiger partial charge in [-0.25, -0.2) is 0 Å². The highest BCUT2D eigenvalue weighted by Crippen LogP contribution is 2.26. The molecule has 0 fully saturated rings. The van der Waals surface area contributed by atoms with Crippen LogP contribution in [0.15, 0.2) is 91.4 Å². The van der Waals surface area contributed by atoms with Crippen molar-refractivity contribution in [3.63, 3.8) is 0 Å². The van der Waals surface area contributed by atoms with E-state index in [2.05, 4.69) is 67.0 Å². The molecule has 0 amide bonds. The molecule has 47 heavy (non-hydrogen) atoms. The van der Waals surface area contributed by atoms with Crippen molar-refractivity contribution in [3.8, 4) is 0 Å². The number of fused-ring (bicyclic) bond motifs is 3. The van der Waals surface area contributed by atoms with Gasteiger partial charge in [-0.1, -0.05) is 35.3 Å². The normalized spacial score (nSPS) is 11.5. The van der Waals surface area contributed by atoms with Crippen LogP contribution in [-0.4, -0.2) is 59.1 Å². The van der Waals surface area contributed by atoms with Crippen LogP contribution in [-0.2, 0) is 0 Å². The summed E-state index contributed by atoms with van der Waals surface area (Å²) in [7, 11) is 0. The van der Waals surface area contributed by atoms with E-state index in [4.69, 9.17) is 23.2 Å². The summed E-state index contributed by atoms with van der Waals surface area (Å²) in [6.45, 7) is 7.94. The van der Waals surface area contributed by atoms with E-state index in [-0.39, 0.29) is 0 Å². The molecule has 0 aliphatic rings. The third-order valence-corrected chi connectivity index (χ3v) is 8.93. The molecule has 3 aromatic carbocycles. The summed E-state index contributed by atoms with van der Waals surface area (Å²) < 4.78 is 0. The molecule has 6 rings (SSSR count). The fourth-order valence-corrected chi connectivity index (χ4v) is 6.37. The molecule has 0 aliphatic heterocycles. The van der Waals surface area contributed by atoms with Gasteiger partial charge in [0.25, 0.3) is 0 Å². The number of nitrogens with zero attached hydrogens (tertiary/aromatic N) is 4. The summed E-state index contributed by atoms with van der Waals surface area (Å²) in [5.74, 6) is 0. The van der Waals surface area contributed by atoms with E-state index in [1.165, 1.54) is 10.9 Å². The van der Waals surface area contributed by atoms with Crippen LogP contribution in [0.25, 0.3) is 32.7 Å². The SMILES string of the molecule is Cc1ccc2c(NCCCN(CCCCNc3ccnc4cc(Cl)ccc34)CCCNc3ccnc4cc(Cl)ccc34)ccnc2c1. The number of halogens is 2. The molecule has 9 heteroatoms. The minimum Gasteiger partial charge on any atom is -0.384 e. The molecule has 3 N–H and O–H groups in total. The standard InChI is InChI=1S/C38H41Cl2N7/c1-27-6-9-30-33(12-18-44-36(30)24-27)42-16-4-22-47(23-5-17-43-35-14-20-46-38-26-29(40)8-11-32(35)38)21-3-2-15-41-34-13-19-45-37-25-28(39)7-10-31(34)37/h6-14,18-20,24-26H,2-5,15-17,21-23H2,1H3,(H,41,45)(H,42,44)(H,43,46). The quantitative estimate of drug-likeness (QED) is 0.0889. The minimum atomic E-state index is 0.703. The van der Waals surface area contributed by atoms with Crippen molar-refractivity contribution in [2.75, 3.05) is 55.2 Å². The van der Waals surface area contributed by atoms with E-state index < -0.39 is 0 Å². The average molecular weight is 667 g/mol. The van der Waals surface area contributed by atoms with Gasteiger partial charge >= 0.3 is 0 Å². The fourth-order valence-electron chi connectivity index (χ4n) is 6.03. The highest BCUT2D eigenvalue weighted by Gasteiger charge is 2.08. The maximum atomic E-state index is 6.19. The van der Waals surface area contributed by atoms with Crippen molar-refractivity contribution in [2.24, 2.45) is 0 Å². The number of hydrogen-bond donors (Lipinski definition) is 3. The highest BCUT2D eigenvalue weighted by atomic mass is 35.5. The zero-order chi connectivity index (χ0) is 32.4. The average Bonchev–Trinajstić information content (AvgIpc) is 3.07. The second-order valence-electron chi connectivity index (χ2n) is 12.0. The number of aryl methyl sites for hydroxylation is 1. The van der Waals surface area contributed by atoms with Crippen LogP contribution >= 0.6 is 23.2 Å². The molecule has 0 atom stereocenters. The van der Waals surface area contributed by atoms with Crippen molar-refractivity contribution in [1.82, 2.24) is 19.9 Å². The number of nitrogens with one attached hydrogen (secondary N) is 3. The van der Waals surface area contributed by atoms with Gasteiger partial charge in [0.05, 0.1) is 16.6 Å². The summed E-state index contributed by atoms with van der Waals surface area (Å²) in [4.78, 5) is 16.1. The second kappa shape index (κ2) is 16.1. The zero-order valence-corrected chi connectivity index (χ0v) is 28.3. The summed E-state index contributed by atoms with van der Waals surface area (Å²) in [6.07, 6.45) is 9.87. The molecule has 0 unspecified atom stereocenters. The van der Waals surface area contributed by atoms with E-state index >= 15 is 0 Å². The van der Waals surface area contributed by atoms with Gasteiger partial charge in [-0.05, 0) is 118 Å². The number of rotatable bonds is 16. The molecular formula is C38H41Cl2N7. The van der Waals surface area contributed by atoms with Gasteiger partial charge < -0.3 is 20.9 Å². The summed E-state index contributed by atoms with van der Waals surface area (Å²) in [5.41, 5.74) is 7.42. The first-order chi connectivity index (χ1) is 23.0. The van der Waals surface area contributed by atoms with Gasteiger partial charge in [0.2, 0.25) is 0 Å². The highest BCUT2D eigenvalue weighted by molar-refractivity contribution is 6.31. The van der Waals surface area contributed by atoms with Crippen molar-refractivity contribution < 1.29 is 0 Å². The molecule has 0 radical (unpaired) electrons. The van der Waals surface area contributed by atoms with Gasteiger partial charge in [-0.2, -0.15) is 0 Å². The first-order valence-corrected chi connectivity index (χ1v) is 17.2. The maximum Gasteiger partial charge on any atom is 0.0737 e. The van der Waals surface area contributed by atoms with Crippen LogP contribution in [0, 0.1) is 6.92 Å². The Morgan fingerprint density at radius 3 is 1.45 bits per heavy atom. The molecule has 242 valence electrons. The van der Waals surface area contributed by atoms with Crippen LogP contribution in [0.4, 0.5) is 17.1 Å². The molecular weight excluding hydrogens is 625 g/mol. The molecule has 0 bridgehead atoms. The minimum absolute atomic E-state index is 0.703. The van der Waals surface area contributed by atoms with Crippen molar-refractivity contribution in [1.29, 1.82) is 0 Å². The van der Waals surface area contributed by atoms with Crippen LogP contribution in [0.3, 0.4) is 0 Å². The smallest absolute Gasteiger partial charge is 0.0737 e. The summed E-state index contributed by atoms with van der Waals surface area (Å²) >= 11 is 12.4. The van der Waals surface area contributed by atoms with E-state index in [0.29, 0.717) is 10.0 Å². The monoisotopic (exact) mass is 665 g/mol. The fraction of sp³-hybridized carbons (Fsp3) is 0.289. The van der Waals surface area contributed by atoms with Gasteiger partial charge in [0.15, 0.2) is 0 Å². The lowest BCUT2D eigenvalue weighted by molar-refractivity contribution is 0.267. The number of pyridine rings is 3. The first kappa shape index (κ1) is 32.8. The van der Waals surface area contributed by atoms with Gasteiger partial charge in [0.1, 0.15) is 0 Å². The predicted molar refractivity (Wildman–Crippen MR) is 200 cm³/mol. The Kier molecular flexibility index (Phi) is 11.2. The third-order valence-electron chi connectivity index (χ3n) is 8.46. The van der Waals surface area contributed by atoms with Gasteiger partial charge in [-0.15, -0.1) is 0 Å². The molecule has 0 saturated heterocycles. The van der Waals surface area contributed by atoms with E-state index in [0.717, 1.165) is 109 Å². The molecule has 0 saturated carbocycles.